The van der Waals surface area contributed by atoms with Crippen LogP contribution in [0.25, 0.3) is 0 Å². The molecule has 0 heterocycles. The second-order valence-electron chi connectivity index (χ2n) is 5.38. The SMILES string of the molecule is CCCCN(C1CC1)S(=O)(=O)c1cccc(CNC)c1. The molecule has 1 aliphatic rings. The van der Waals surface area contributed by atoms with E-state index in [-0.39, 0.29) is 6.04 Å². The number of hydrogen-bond donors (Lipinski definition) is 1. The van der Waals surface area contributed by atoms with Gasteiger partial charge in [-0.3, -0.25) is 0 Å². The minimum absolute atomic E-state index is 0.222. The second-order valence-corrected chi connectivity index (χ2v) is 7.27. The lowest BCUT2D eigenvalue weighted by molar-refractivity contribution is 0.395. The van der Waals surface area contributed by atoms with Crippen molar-refractivity contribution in [3.63, 3.8) is 0 Å². The number of sulfonamides is 1. The Hall–Kier alpha value is -0.910. The highest BCUT2D eigenvalue weighted by atomic mass is 32.2. The fourth-order valence-electron chi connectivity index (χ4n) is 2.33. The Labute approximate surface area is 122 Å². The molecule has 1 aliphatic carbocycles. The van der Waals surface area contributed by atoms with Gasteiger partial charge >= 0.3 is 0 Å². The topological polar surface area (TPSA) is 49.4 Å². The van der Waals surface area contributed by atoms with Gasteiger partial charge in [0.2, 0.25) is 10.0 Å². The van der Waals surface area contributed by atoms with Gasteiger partial charge < -0.3 is 5.32 Å². The molecule has 20 heavy (non-hydrogen) atoms. The third-order valence-electron chi connectivity index (χ3n) is 3.57. The van der Waals surface area contributed by atoms with Crippen LogP contribution in [-0.4, -0.2) is 32.4 Å². The van der Waals surface area contributed by atoms with Crippen molar-refractivity contribution in [1.82, 2.24) is 9.62 Å². The average molecular weight is 296 g/mol. The lowest BCUT2D eigenvalue weighted by Crippen LogP contribution is -2.34. The van der Waals surface area contributed by atoms with Crippen LogP contribution in [0.4, 0.5) is 0 Å². The molecule has 0 radical (unpaired) electrons. The summed E-state index contributed by atoms with van der Waals surface area (Å²) < 4.78 is 27.3. The van der Waals surface area contributed by atoms with Crippen molar-refractivity contribution in [3.8, 4) is 0 Å². The average Bonchev–Trinajstić information content (AvgIpc) is 3.24. The van der Waals surface area contributed by atoms with E-state index in [1.165, 1.54) is 0 Å². The van der Waals surface area contributed by atoms with E-state index >= 15 is 0 Å². The lowest BCUT2D eigenvalue weighted by Gasteiger charge is -2.22. The van der Waals surface area contributed by atoms with Crippen molar-refractivity contribution in [2.24, 2.45) is 0 Å². The summed E-state index contributed by atoms with van der Waals surface area (Å²) in [6.07, 6.45) is 3.93. The Morgan fingerprint density at radius 2 is 2.10 bits per heavy atom. The number of nitrogens with zero attached hydrogens (tertiary/aromatic N) is 1. The number of nitrogens with one attached hydrogen (secondary N) is 1. The van der Waals surface area contributed by atoms with Crippen molar-refractivity contribution >= 4 is 10.0 Å². The van der Waals surface area contributed by atoms with Crippen LogP contribution in [-0.2, 0) is 16.6 Å². The van der Waals surface area contributed by atoms with Crippen molar-refractivity contribution in [2.45, 2.75) is 50.1 Å². The van der Waals surface area contributed by atoms with Crippen LogP contribution in [0, 0.1) is 0 Å². The predicted octanol–water partition coefficient (Wildman–Crippen LogP) is 2.36. The number of hydrogen-bond acceptors (Lipinski definition) is 3. The molecule has 0 unspecified atom stereocenters. The fraction of sp³-hybridized carbons (Fsp3) is 0.600. The van der Waals surface area contributed by atoms with E-state index in [4.69, 9.17) is 0 Å². The van der Waals surface area contributed by atoms with Crippen molar-refractivity contribution in [1.29, 1.82) is 0 Å². The van der Waals surface area contributed by atoms with Crippen LogP contribution in [0.5, 0.6) is 0 Å². The number of unbranched alkanes of at least 4 members (excludes halogenated alkanes) is 1. The van der Waals surface area contributed by atoms with E-state index in [1.54, 1.807) is 16.4 Å². The smallest absolute Gasteiger partial charge is 0.243 e. The van der Waals surface area contributed by atoms with Crippen LogP contribution in [0.2, 0.25) is 0 Å². The van der Waals surface area contributed by atoms with Gasteiger partial charge in [0.25, 0.3) is 0 Å². The molecule has 0 saturated heterocycles. The van der Waals surface area contributed by atoms with Gasteiger partial charge in [0.15, 0.2) is 0 Å². The van der Waals surface area contributed by atoms with Gasteiger partial charge in [0, 0.05) is 19.1 Å². The Morgan fingerprint density at radius 3 is 2.70 bits per heavy atom. The molecular weight excluding hydrogens is 272 g/mol. The zero-order valence-electron chi connectivity index (χ0n) is 12.3. The van der Waals surface area contributed by atoms with Crippen LogP contribution >= 0.6 is 0 Å². The summed E-state index contributed by atoms with van der Waals surface area (Å²) in [4.78, 5) is 0.424. The molecule has 4 nitrogen and oxygen atoms in total. The van der Waals surface area contributed by atoms with Gasteiger partial charge in [-0.1, -0.05) is 25.5 Å². The monoisotopic (exact) mass is 296 g/mol. The quantitative estimate of drug-likeness (QED) is 0.801. The van der Waals surface area contributed by atoms with Crippen molar-refractivity contribution in [3.05, 3.63) is 29.8 Å². The van der Waals surface area contributed by atoms with E-state index in [1.807, 2.05) is 19.2 Å². The van der Waals surface area contributed by atoms with Crippen molar-refractivity contribution < 1.29 is 8.42 Å². The molecule has 0 spiro atoms. The van der Waals surface area contributed by atoms with Gasteiger partial charge in [-0.25, -0.2) is 8.42 Å². The Balaban J connectivity index is 2.24. The maximum absolute atomic E-state index is 12.8. The maximum Gasteiger partial charge on any atom is 0.243 e. The van der Waals surface area contributed by atoms with Gasteiger partial charge in [0.05, 0.1) is 4.90 Å². The maximum atomic E-state index is 12.8. The summed E-state index contributed by atoms with van der Waals surface area (Å²) in [5, 5.41) is 3.05. The largest absolute Gasteiger partial charge is 0.316 e. The summed E-state index contributed by atoms with van der Waals surface area (Å²) >= 11 is 0. The first kappa shape index (κ1) is 15.5. The van der Waals surface area contributed by atoms with Gasteiger partial charge in [-0.15, -0.1) is 0 Å². The molecule has 112 valence electrons. The van der Waals surface area contributed by atoms with Crippen molar-refractivity contribution in [2.75, 3.05) is 13.6 Å². The third-order valence-corrected chi connectivity index (χ3v) is 5.52. The highest BCUT2D eigenvalue weighted by Crippen LogP contribution is 2.32. The molecule has 1 N–H and O–H groups in total. The zero-order chi connectivity index (χ0) is 14.6. The number of rotatable bonds is 8. The summed E-state index contributed by atoms with van der Waals surface area (Å²) in [5.41, 5.74) is 1.000. The van der Waals surface area contributed by atoms with Crippen LogP contribution < -0.4 is 5.32 Å². The van der Waals surface area contributed by atoms with E-state index in [0.717, 1.165) is 31.2 Å². The zero-order valence-corrected chi connectivity index (χ0v) is 13.1. The second kappa shape index (κ2) is 6.70. The summed E-state index contributed by atoms with van der Waals surface area (Å²) in [6.45, 7) is 3.41. The van der Waals surface area contributed by atoms with Gasteiger partial charge in [0.1, 0.15) is 0 Å². The molecule has 1 aromatic rings. The molecule has 5 heteroatoms. The van der Waals surface area contributed by atoms with Gasteiger partial charge in [-0.05, 0) is 44.0 Å². The molecule has 0 aliphatic heterocycles. The normalized spacial score (nSPS) is 15.8. The lowest BCUT2D eigenvalue weighted by atomic mass is 10.2. The Kier molecular flexibility index (Phi) is 5.18. The Bertz CT molecular complexity index is 539. The van der Waals surface area contributed by atoms with Crippen LogP contribution in [0.15, 0.2) is 29.2 Å². The summed E-state index contributed by atoms with van der Waals surface area (Å²) in [6, 6.07) is 7.48. The van der Waals surface area contributed by atoms with E-state index in [2.05, 4.69) is 12.2 Å². The molecule has 0 bridgehead atoms. The molecule has 2 rings (SSSR count). The van der Waals surface area contributed by atoms with E-state index < -0.39 is 10.0 Å². The fourth-order valence-corrected chi connectivity index (χ4v) is 4.13. The highest BCUT2D eigenvalue weighted by Gasteiger charge is 2.37. The highest BCUT2D eigenvalue weighted by molar-refractivity contribution is 7.89. The number of benzene rings is 1. The third kappa shape index (κ3) is 3.59. The molecule has 0 aromatic heterocycles. The molecule has 0 amide bonds. The Morgan fingerprint density at radius 1 is 1.35 bits per heavy atom. The standard InChI is InChI=1S/C15H24N2O2S/c1-3-4-10-17(14-8-9-14)20(18,19)15-7-5-6-13(11-15)12-16-2/h5-7,11,14,16H,3-4,8-10,12H2,1-2H3. The van der Waals surface area contributed by atoms with Crippen LogP contribution in [0.3, 0.4) is 0 Å². The first-order valence-electron chi connectivity index (χ1n) is 7.35. The summed E-state index contributed by atoms with van der Waals surface area (Å²) in [7, 11) is -1.49. The molecule has 1 fully saturated rings. The summed E-state index contributed by atoms with van der Waals surface area (Å²) in [5.74, 6) is 0. The molecular formula is C15H24N2O2S. The van der Waals surface area contributed by atoms with E-state index in [9.17, 15) is 8.42 Å². The van der Waals surface area contributed by atoms with Gasteiger partial charge in [-0.2, -0.15) is 4.31 Å². The predicted molar refractivity (Wildman–Crippen MR) is 81.0 cm³/mol. The first-order chi connectivity index (χ1) is 9.59. The minimum Gasteiger partial charge on any atom is -0.316 e. The molecule has 1 saturated carbocycles. The first-order valence-corrected chi connectivity index (χ1v) is 8.79. The van der Waals surface area contributed by atoms with Crippen LogP contribution in [0.1, 0.15) is 38.2 Å². The minimum atomic E-state index is -3.35. The molecule has 0 atom stereocenters. The van der Waals surface area contributed by atoms with E-state index in [0.29, 0.717) is 18.0 Å². The molecule has 1 aromatic carbocycles.